The molecule has 0 aromatic rings. The zero-order valence-electron chi connectivity index (χ0n) is 8.22. The Balaban J connectivity index is 3.52. The van der Waals surface area contributed by atoms with Crippen molar-refractivity contribution in [3.05, 3.63) is 0 Å². The molecule has 0 rings (SSSR count). The number of carbonyl (C=O) groups excluding carboxylic acids is 2. The van der Waals surface area contributed by atoms with E-state index in [4.69, 9.17) is 0 Å². The lowest BCUT2D eigenvalue weighted by Gasteiger charge is -2.08. The van der Waals surface area contributed by atoms with E-state index in [9.17, 15) is 9.59 Å². The maximum Gasteiger partial charge on any atom is 0.246 e. The molecule has 0 unspecified atom stereocenters. The number of carbonyl (C=O) groups is 2. The zero-order chi connectivity index (χ0) is 10.3. The Morgan fingerprint density at radius 2 is 1.92 bits per heavy atom. The van der Waals surface area contributed by atoms with Gasteiger partial charge in [-0.25, -0.2) is 0 Å². The molecule has 0 aliphatic rings. The lowest BCUT2D eigenvalue weighted by atomic mass is 10.4. The van der Waals surface area contributed by atoms with E-state index in [0.717, 1.165) is 0 Å². The van der Waals surface area contributed by atoms with Gasteiger partial charge in [-0.1, -0.05) is 0 Å². The van der Waals surface area contributed by atoms with Gasteiger partial charge in [0.05, 0.1) is 6.54 Å². The summed E-state index contributed by atoms with van der Waals surface area (Å²) in [6, 6.07) is 0.0897. The quantitative estimate of drug-likeness (QED) is 0.598. The molecular weight excluding hydrogens is 172 g/mol. The summed E-state index contributed by atoms with van der Waals surface area (Å²) in [5, 5.41) is 5.06. The Kier molecular flexibility index (Phi) is 5.88. The molecule has 0 atom stereocenters. The summed E-state index contributed by atoms with van der Waals surface area (Å²) in [4.78, 5) is 21.8. The average Bonchev–Trinajstić information content (AvgIpc) is 2.00. The summed E-state index contributed by atoms with van der Waals surface area (Å²) in [6.07, 6.45) is 0. The summed E-state index contributed by atoms with van der Waals surface area (Å²) in [6.45, 7) is 3.69. The summed E-state index contributed by atoms with van der Waals surface area (Å²) in [5.41, 5.74) is 0. The zero-order valence-corrected chi connectivity index (χ0v) is 8.22. The van der Waals surface area contributed by atoms with Crippen molar-refractivity contribution in [1.29, 1.82) is 0 Å². The molecule has 76 valence electrons. The van der Waals surface area contributed by atoms with Crippen molar-refractivity contribution in [2.75, 3.05) is 20.3 Å². The molecule has 5 nitrogen and oxygen atoms in total. The molecule has 0 bridgehead atoms. The van der Waals surface area contributed by atoms with Crippen LogP contribution in [0, 0.1) is 0 Å². The fourth-order valence-electron chi connectivity index (χ4n) is 0.734. The van der Waals surface area contributed by atoms with Gasteiger partial charge in [0.1, 0.15) is 6.61 Å². The third kappa shape index (κ3) is 7.27. The molecule has 2 N–H and O–H groups in total. The Bertz CT molecular complexity index is 180. The molecule has 0 aromatic carbocycles. The minimum Gasteiger partial charge on any atom is -0.375 e. The van der Waals surface area contributed by atoms with Crippen molar-refractivity contribution < 1.29 is 14.3 Å². The van der Waals surface area contributed by atoms with Crippen LogP contribution in [0.25, 0.3) is 0 Å². The van der Waals surface area contributed by atoms with Gasteiger partial charge in [-0.05, 0) is 13.8 Å². The van der Waals surface area contributed by atoms with E-state index < -0.39 is 0 Å². The van der Waals surface area contributed by atoms with Crippen molar-refractivity contribution in [3.8, 4) is 0 Å². The predicted molar refractivity (Wildman–Crippen MR) is 48.2 cm³/mol. The monoisotopic (exact) mass is 188 g/mol. The van der Waals surface area contributed by atoms with Crippen molar-refractivity contribution in [3.63, 3.8) is 0 Å². The van der Waals surface area contributed by atoms with Crippen molar-refractivity contribution in [1.82, 2.24) is 10.6 Å². The van der Waals surface area contributed by atoms with E-state index in [0.29, 0.717) is 0 Å². The van der Waals surface area contributed by atoms with Crippen LogP contribution < -0.4 is 10.6 Å². The van der Waals surface area contributed by atoms with Gasteiger partial charge < -0.3 is 15.4 Å². The first-order valence-electron chi connectivity index (χ1n) is 4.11. The van der Waals surface area contributed by atoms with Gasteiger partial charge in [0, 0.05) is 13.2 Å². The van der Waals surface area contributed by atoms with Crippen LogP contribution in [0.2, 0.25) is 0 Å². The number of hydrogen-bond acceptors (Lipinski definition) is 3. The van der Waals surface area contributed by atoms with Gasteiger partial charge in [0.25, 0.3) is 0 Å². The van der Waals surface area contributed by atoms with Crippen LogP contribution in [-0.2, 0) is 14.3 Å². The SMILES string of the molecule is COCC(=O)NCC(=O)NC(C)C. The smallest absolute Gasteiger partial charge is 0.246 e. The van der Waals surface area contributed by atoms with Crippen molar-refractivity contribution in [2.45, 2.75) is 19.9 Å². The van der Waals surface area contributed by atoms with Crippen molar-refractivity contribution in [2.24, 2.45) is 0 Å². The molecule has 0 saturated carbocycles. The first-order valence-corrected chi connectivity index (χ1v) is 4.11. The molecule has 0 heterocycles. The van der Waals surface area contributed by atoms with Crippen LogP contribution in [0.1, 0.15) is 13.8 Å². The standard InChI is InChI=1S/C8H16N2O3/c1-6(2)10-7(11)4-9-8(12)5-13-3/h6H,4-5H2,1-3H3,(H,9,12)(H,10,11). The number of amides is 2. The maximum absolute atomic E-state index is 11.0. The summed E-state index contributed by atoms with van der Waals surface area (Å²) in [5.74, 6) is -0.485. The van der Waals surface area contributed by atoms with E-state index in [1.165, 1.54) is 7.11 Å². The molecule has 0 radical (unpaired) electrons. The van der Waals surface area contributed by atoms with Gasteiger partial charge in [-0.15, -0.1) is 0 Å². The van der Waals surface area contributed by atoms with E-state index in [-0.39, 0.29) is 31.0 Å². The average molecular weight is 188 g/mol. The summed E-state index contributed by atoms with van der Waals surface area (Å²) < 4.78 is 4.57. The highest BCUT2D eigenvalue weighted by atomic mass is 16.5. The van der Waals surface area contributed by atoms with Gasteiger partial charge in [0.15, 0.2) is 0 Å². The second kappa shape index (κ2) is 6.42. The maximum atomic E-state index is 11.0. The summed E-state index contributed by atoms with van der Waals surface area (Å²) in [7, 11) is 1.42. The predicted octanol–water partition coefficient (Wildman–Crippen LogP) is -0.726. The molecule has 0 saturated heterocycles. The fourth-order valence-corrected chi connectivity index (χ4v) is 0.734. The molecule has 0 aromatic heterocycles. The third-order valence-corrected chi connectivity index (χ3v) is 1.17. The van der Waals surface area contributed by atoms with E-state index in [2.05, 4.69) is 15.4 Å². The van der Waals surface area contributed by atoms with Crippen molar-refractivity contribution >= 4 is 11.8 Å². The highest BCUT2D eigenvalue weighted by Gasteiger charge is 2.05. The normalized spacial score (nSPS) is 9.85. The number of rotatable bonds is 5. The lowest BCUT2D eigenvalue weighted by Crippen LogP contribution is -2.40. The van der Waals surface area contributed by atoms with Gasteiger partial charge >= 0.3 is 0 Å². The number of hydrogen-bond donors (Lipinski definition) is 2. The van der Waals surface area contributed by atoms with Crippen LogP contribution in [0.4, 0.5) is 0 Å². The Morgan fingerprint density at radius 3 is 2.38 bits per heavy atom. The minimum atomic E-state index is -0.290. The largest absolute Gasteiger partial charge is 0.375 e. The van der Waals surface area contributed by atoms with E-state index in [1.807, 2.05) is 13.8 Å². The second-order valence-electron chi connectivity index (χ2n) is 2.93. The minimum absolute atomic E-state index is 0.000370. The Labute approximate surface area is 77.8 Å². The topological polar surface area (TPSA) is 67.4 Å². The van der Waals surface area contributed by atoms with Crippen LogP contribution in [0.3, 0.4) is 0 Å². The lowest BCUT2D eigenvalue weighted by molar-refractivity contribution is -0.128. The van der Waals surface area contributed by atoms with Gasteiger partial charge in [-0.3, -0.25) is 9.59 Å². The summed E-state index contributed by atoms with van der Waals surface area (Å²) >= 11 is 0. The highest BCUT2D eigenvalue weighted by molar-refractivity contribution is 5.85. The van der Waals surface area contributed by atoms with E-state index in [1.54, 1.807) is 0 Å². The molecule has 0 aliphatic carbocycles. The Morgan fingerprint density at radius 1 is 1.31 bits per heavy atom. The van der Waals surface area contributed by atoms with Gasteiger partial charge in [0.2, 0.25) is 11.8 Å². The third-order valence-electron chi connectivity index (χ3n) is 1.17. The molecule has 13 heavy (non-hydrogen) atoms. The van der Waals surface area contributed by atoms with Crippen LogP contribution in [0.5, 0.6) is 0 Å². The van der Waals surface area contributed by atoms with Crippen LogP contribution in [0.15, 0.2) is 0 Å². The first kappa shape index (κ1) is 11.9. The molecule has 0 aliphatic heterocycles. The fraction of sp³-hybridized carbons (Fsp3) is 0.750. The van der Waals surface area contributed by atoms with Gasteiger partial charge in [-0.2, -0.15) is 0 Å². The first-order chi connectivity index (χ1) is 6.06. The number of methoxy groups -OCH3 is 1. The van der Waals surface area contributed by atoms with Crippen LogP contribution in [-0.4, -0.2) is 38.1 Å². The molecule has 2 amide bonds. The number of nitrogens with one attached hydrogen (secondary N) is 2. The van der Waals surface area contributed by atoms with E-state index >= 15 is 0 Å². The van der Waals surface area contributed by atoms with Crippen LogP contribution >= 0.6 is 0 Å². The molecule has 0 spiro atoms. The highest BCUT2D eigenvalue weighted by Crippen LogP contribution is 1.76. The molecular formula is C8H16N2O3. The number of ether oxygens (including phenoxy) is 1. The molecule has 0 fully saturated rings. The second-order valence-corrected chi connectivity index (χ2v) is 2.93. The Hall–Kier alpha value is -1.10. The molecule has 5 heteroatoms.